The molecule has 0 amide bonds. The lowest BCUT2D eigenvalue weighted by molar-refractivity contribution is -0.150. The molecule has 1 rings (SSSR count). The predicted molar refractivity (Wildman–Crippen MR) is 65.2 cm³/mol. The van der Waals surface area contributed by atoms with Gasteiger partial charge in [0.25, 0.3) is 0 Å². The van der Waals surface area contributed by atoms with Gasteiger partial charge in [0.1, 0.15) is 11.5 Å². The molecule has 0 bridgehead atoms. The van der Waals surface area contributed by atoms with Crippen molar-refractivity contribution in [1.82, 2.24) is 0 Å². The third kappa shape index (κ3) is 2.36. The minimum Gasteiger partial charge on any atom is -0.481 e. The highest BCUT2D eigenvalue weighted by molar-refractivity contribution is 5.93. The molecule has 0 aliphatic heterocycles. The number of allylic oxidation sites excluding steroid dienone is 2. The maximum Gasteiger partial charge on any atom is 0.334 e. The summed E-state index contributed by atoms with van der Waals surface area (Å²) in [5.41, 5.74) is -0.934. The number of hydrogen-bond donors (Lipinski definition) is 2. The van der Waals surface area contributed by atoms with Gasteiger partial charge < -0.3 is 14.9 Å². The molecule has 0 aromatic rings. The molecular formula is C13H16O5. The highest BCUT2D eigenvalue weighted by Crippen LogP contribution is 2.37. The summed E-state index contributed by atoms with van der Waals surface area (Å²) in [5.74, 6) is -3.33. The SMILES string of the molecule is C=CCOC1(C)C(C(=O)O)=C(C)C=CC1C(=O)O. The van der Waals surface area contributed by atoms with Crippen molar-refractivity contribution in [1.29, 1.82) is 0 Å². The van der Waals surface area contributed by atoms with Crippen LogP contribution < -0.4 is 0 Å². The van der Waals surface area contributed by atoms with Crippen molar-refractivity contribution in [2.45, 2.75) is 19.4 Å². The fraction of sp³-hybridized carbons (Fsp3) is 0.385. The quantitative estimate of drug-likeness (QED) is 0.726. The summed E-state index contributed by atoms with van der Waals surface area (Å²) in [4.78, 5) is 22.6. The first kappa shape index (κ1) is 14.2. The van der Waals surface area contributed by atoms with Crippen molar-refractivity contribution in [2.24, 2.45) is 5.92 Å². The van der Waals surface area contributed by atoms with E-state index in [4.69, 9.17) is 4.74 Å². The molecule has 0 saturated carbocycles. The summed E-state index contributed by atoms with van der Waals surface area (Å²) in [7, 11) is 0. The van der Waals surface area contributed by atoms with Crippen LogP contribution in [0.3, 0.4) is 0 Å². The monoisotopic (exact) mass is 252 g/mol. The normalized spacial score (nSPS) is 27.1. The van der Waals surface area contributed by atoms with E-state index >= 15 is 0 Å². The van der Waals surface area contributed by atoms with Gasteiger partial charge in [-0.1, -0.05) is 18.2 Å². The van der Waals surface area contributed by atoms with Crippen LogP contribution in [0.2, 0.25) is 0 Å². The predicted octanol–water partition coefficient (Wildman–Crippen LogP) is 1.62. The van der Waals surface area contributed by atoms with E-state index in [0.29, 0.717) is 5.57 Å². The zero-order valence-electron chi connectivity index (χ0n) is 10.3. The molecule has 2 atom stereocenters. The van der Waals surface area contributed by atoms with Crippen molar-refractivity contribution in [3.8, 4) is 0 Å². The molecule has 2 unspecified atom stereocenters. The third-order valence-corrected chi connectivity index (χ3v) is 3.00. The summed E-state index contributed by atoms with van der Waals surface area (Å²) >= 11 is 0. The zero-order valence-corrected chi connectivity index (χ0v) is 10.3. The Balaban J connectivity index is 3.31. The maximum absolute atomic E-state index is 11.3. The fourth-order valence-electron chi connectivity index (χ4n) is 2.15. The van der Waals surface area contributed by atoms with Crippen LogP contribution in [-0.4, -0.2) is 34.4 Å². The molecule has 18 heavy (non-hydrogen) atoms. The third-order valence-electron chi connectivity index (χ3n) is 3.00. The summed E-state index contributed by atoms with van der Waals surface area (Å²) in [6, 6.07) is 0. The van der Waals surface area contributed by atoms with E-state index in [-0.39, 0.29) is 12.2 Å². The smallest absolute Gasteiger partial charge is 0.334 e. The fourth-order valence-corrected chi connectivity index (χ4v) is 2.15. The standard InChI is InChI=1S/C13H16O5/c1-4-7-18-13(3)9(11(14)15)6-5-8(2)10(13)12(16)17/h4-6,9H,1,7H2,2-3H3,(H,14,15)(H,16,17). The van der Waals surface area contributed by atoms with Gasteiger partial charge in [0.15, 0.2) is 0 Å². The molecule has 1 aliphatic rings. The first-order valence-electron chi connectivity index (χ1n) is 5.45. The number of carboxylic acid groups (broad SMARTS) is 2. The number of rotatable bonds is 5. The highest BCUT2D eigenvalue weighted by atomic mass is 16.5. The molecule has 0 radical (unpaired) electrons. The van der Waals surface area contributed by atoms with E-state index < -0.39 is 23.5 Å². The van der Waals surface area contributed by atoms with Crippen molar-refractivity contribution in [2.75, 3.05) is 6.61 Å². The van der Waals surface area contributed by atoms with Crippen LogP contribution in [-0.2, 0) is 14.3 Å². The summed E-state index contributed by atoms with van der Waals surface area (Å²) in [5, 5.41) is 18.4. The summed E-state index contributed by atoms with van der Waals surface area (Å²) in [6.45, 7) is 6.66. The largest absolute Gasteiger partial charge is 0.481 e. The zero-order chi connectivity index (χ0) is 13.9. The molecule has 0 heterocycles. The second-order valence-corrected chi connectivity index (χ2v) is 4.24. The van der Waals surface area contributed by atoms with Gasteiger partial charge in [0.2, 0.25) is 0 Å². The van der Waals surface area contributed by atoms with Gasteiger partial charge in [-0.25, -0.2) is 4.79 Å². The minimum absolute atomic E-state index is 0.0285. The molecule has 2 N–H and O–H groups in total. The lowest BCUT2D eigenvalue weighted by atomic mass is 9.76. The molecule has 0 saturated heterocycles. The van der Waals surface area contributed by atoms with Crippen molar-refractivity contribution in [3.63, 3.8) is 0 Å². The second-order valence-electron chi connectivity index (χ2n) is 4.24. The Morgan fingerprint density at radius 3 is 2.61 bits per heavy atom. The van der Waals surface area contributed by atoms with Crippen LogP contribution in [0.1, 0.15) is 13.8 Å². The van der Waals surface area contributed by atoms with Gasteiger partial charge in [-0.15, -0.1) is 6.58 Å². The van der Waals surface area contributed by atoms with Gasteiger partial charge in [-0.2, -0.15) is 0 Å². The van der Waals surface area contributed by atoms with Crippen LogP contribution in [0.25, 0.3) is 0 Å². The Labute approximate surface area is 105 Å². The topological polar surface area (TPSA) is 83.8 Å². The molecule has 5 heteroatoms. The lowest BCUT2D eigenvalue weighted by Gasteiger charge is -2.37. The summed E-state index contributed by atoms with van der Waals surface area (Å²) in [6.07, 6.45) is 4.41. The van der Waals surface area contributed by atoms with Gasteiger partial charge in [0, 0.05) is 0 Å². The average molecular weight is 252 g/mol. The first-order chi connectivity index (χ1) is 8.34. The van der Waals surface area contributed by atoms with E-state index in [1.807, 2.05) is 0 Å². The van der Waals surface area contributed by atoms with Crippen molar-refractivity contribution >= 4 is 11.9 Å². The van der Waals surface area contributed by atoms with E-state index in [9.17, 15) is 19.8 Å². The molecule has 0 spiro atoms. The van der Waals surface area contributed by atoms with Crippen LogP contribution in [0.4, 0.5) is 0 Å². The Kier molecular flexibility index (Phi) is 4.08. The van der Waals surface area contributed by atoms with Crippen LogP contribution in [0.5, 0.6) is 0 Å². The van der Waals surface area contributed by atoms with Crippen LogP contribution in [0.15, 0.2) is 36.0 Å². The number of hydrogen-bond acceptors (Lipinski definition) is 3. The maximum atomic E-state index is 11.3. The van der Waals surface area contributed by atoms with Crippen molar-refractivity contribution in [3.05, 3.63) is 36.0 Å². The Hall–Kier alpha value is -1.88. The van der Waals surface area contributed by atoms with Gasteiger partial charge in [0.05, 0.1) is 12.2 Å². The Morgan fingerprint density at radius 1 is 1.56 bits per heavy atom. The Bertz CT molecular complexity index is 446. The molecular weight excluding hydrogens is 236 g/mol. The average Bonchev–Trinajstić information content (AvgIpc) is 2.25. The van der Waals surface area contributed by atoms with E-state index in [2.05, 4.69) is 6.58 Å². The van der Waals surface area contributed by atoms with Gasteiger partial charge in [-0.3, -0.25) is 4.79 Å². The first-order valence-corrected chi connectivity index (χ1v) is 5.45. The molecule has 0 fully saturated rings. The molecule has 1 aliphatic carbocycles. The molecule has 0 aromatic carbocycles. The number of aliphatic carboxylic acids is 2. The van der Waals surface area contributed by atoms with Crippen LogP contribution in [0, 0.1) is 5.92 Å². The second kappa shape index (κ2) is 5.18. The van der Waals surface area contributed by atoms with Crippen LogP contribution >= 0.6 is 0 Å². The number of carboxylic acids is 2. The minimum atomic E-state index is -1.40. The molecule has 98 valence electrons. The van der Waals surface area contributed by atoms with E-state index in [1.54, 1.807) is 6.92 Å². The van der Waals surface area contributed by atoms with Gasteiger partial charge in [-0.05, 0) is 19.4 Å². The number of carbonyl (C=O) groups is 2. The van der Waals surface area contributed by atoms with Gasteiger partial charge >= 0.3 is 11.9 Å². The van der Waals surface area contributed by atoms with E-state index in [0.717, 1.165) is 0 Å². The lowest BCUT2D eigenvalue weighted by Crippen LogP contribution is -2.47. The Morgan fingerprint density at radius 2 is 2.17 bits per heavy atom. The van der Waals surface area contributed by atoms with Crippen molar-refractivity contribution < 1.29 is 24.5 Å². The number of ether oxygens (including phenoxy) is 1. The molecule has 0 aromatic heterocycles. The summed E-state index contributed by atoms with van der Waals surface area (Å²) < 4.78 is 5.45. The van der Waals surface area contributed by atoms with E-state index in [1.165, 1.54) is 25.2 Å². The molecule has 5 nitrogen and oxygen atoms in total. The highest BCUT2D eigenvalue weighted by Gasteiger charge is 2.47.